The highest BCUT2D eigenvalue weighted by molar-refractivity contribution is 5.52. The van der Waals surface area contributed by atoms with Crippen LogP contribution >= 0.6 is 0 Å². The zero-order valence-corrected chi connectivity index (χ0v) is 14.7. The van der Waals surface area contributed by atoms with E-state index in [1.807, 2.05) is 19.2 Å². The predicted octanol–water partition coefficient (Wildman–Crippen LogP) is 3.62. The normalized spacial score (nSPS) is 18.1. The lowest BCUT2D eigenvalue weighted by Gasteiger charge is -2.35. The lowest BCUT2D eigenvalue weighted by molar-refractivity contribution is 0.291. The molecule has 1 aromatic heterocycles. The van der Waals surface area contributed by atoms with E-state index in [9.17, 15) is 5.11 Å². The van der Waals surface area contributed by atoms with Crippen LogP contribution in [0.2, 0.25) is 0 Å². The second-order valence-corrected chi connectivity index (χ2v) is 6.95. The van der Waals surface area contributed by atoms with E-state index in [1.54, 1.807) is 18.5 Å². The number of hydrogen-bond acceptors (Lipinski definition) is 5. The van der Waals surface area contributed by atoms with Crippen molar-refractivity contribution in [2.45, 2.75) is 33.1 Å². The molecule has 3 heterocycles. The van der Waals surface area contributed by atoms with E-state index in [1.165, 1.54) is 5.57 Å². The maximum absolute atomic E-state index is 9.98. The van der Waals surface area contributed by atoms with E-state index in [4.69, 9.17) is 4.74 Å². The Hall–Kier alpha value is -2.56. The van der Waals surface area contributed by atoms with E-state index in [-0.39, 0.29) is 0 Å². The Labute approximate surface area is 148 Å². The van der Waals surface area contributed by atoms with Gasteiger partial charge in [0.2, 0.25) is 0 Å². The molecule has 2 aliphatic heterocycles. The fraction of sp³-hybridized carbons (Fsp3) is 0.400. The van der Waals surface area contributed by atoms with Crippen molar-refractivity contribution in [3.63, 3.8) is 0 Å². The Morgan fingerprint density at radius 1 is 1.16 bits per heavy atom. The maximum atomic E-state index is 9.98. The summed E-state index contributed by atoms with van der Waals surface area (Å²) in [5, 5.41) is 9.98. The molecule has 0 bridgehead atoms. The van der Waals surface area contributed by atoms with Gasteiger partial charge in [-0.15, -0.1) is 0 Å². The SMILES string of the molecule is CC1=C(C2CCN(c3cnccn3)CC2)Oc2c(ccc(O)c2C)C1. The zero-order chi connectivity index (χ0) is 17.4. The summed E-state index contributed by atoms with van der Waals surface area (Å²) in [7, 11) is 0. The quantitative estimate of drug-likeness (QED) is 0.907. The van der Waals surface area contributed by atoms with Crippen LogP contribution in [0.15, 0.2) is 42.1 Å². The highest BCUT2D eigenvalue weighted by Gasteiger charge is 2.29. The van der Waals surface area contributed by atoms with Crippen LogP contribution in [0.5, 0.6) is 11.5 Å². The van der Waals surface area contributed by atoms with Crippen LogP contribution in [-0.4, -0.2) is 28.2 Å². The predicted molar refractivity (Wildman–Crippen MR) is 96.8 cm³/mol. The molecule has 5 heteroatoms. The minimum absolute atomic E-state index is 0.301. The third-order valence-electron chi connectivity index (χ3n) is 5.29. The Morgan fingerprint density at radius 3 is 2.68 bits per heavy atom. The number of fused-ring (bicyclic) bond motifs is 1. The monoisotopic (exact) mass is 337 g/mol. The zero-order valence-electron chi connectivity index (χ0n) is 14.7. The standard InChI is InChI=1S/C20H23N3O2/c1-13-11-16-3-4-17(24)14(2)20(16)25-19(13)15-5-9-23(10-6-15)18-12-21-7-8-22-18/h3-4,7-8,12,15,24H,5-6,9-11H2,1-2H3. The molecule has 1 aromatic carbocycles. The van der Waals surface area contributed by atoms with E-state index < -0.39 is 0 Å². The highest BCUT2D eigenvalue weighted by atomic mass is 16.5. The third kappa shape index (κ3) is 2.95. The molecule has 0 saturated carbocycles. The van der Waals surface area contributed by atoms with Crippen molar-refractivity contribution in [2.75, 3.05) is 18.0 Å². The number of aromatic hydroxyl groups is 1. The van der Waals surface area contributed by atoms with Gasteiger partial charge in [0.05, 0.1) is 6.20 Å². The summed E-state index contributed by atoms with van der Waals surface area (Å²) in [6.45, 7) is 5.99. The second kappa shape index (κ2) is 6.39. The van der Waals surface area contributed by atoms with Gasteiger partial charge in [-0.1, -0.05) is 6.07 Å². The molecule has 4 rings (SSSR count). The lowest BCUT2D eigenvalue weighted by atomic mass is 9.88. The van der Waals surface area contributed by atoms with Gasteiger partial charge in [-0.2, -0.15) is 0 Å². The van der Waals surface area contributed by atoms with E-state index in [2.05, 4.69) is 21.8 Å². The molecular formula is C20H23N3O2. The van der Waals surface area contributed by atoms with Crippen molar-refractivity contribution in [1.29, 1.82) is 0 Å². The minimum Gasteiger partial charge on any atom is -0.508 e. The largest absolute Gasteiger partial charge is 0.508 e. The van der Waals surface area contributed by atoms with Crippen LogP contribution < -0.4 is 9.64 Å². The molecule has 0 spiro atoms. The first-order valence-electron chi connectivity index (χ1n) is 8.83. The molecule has 2 aromatic rings. The van der Waals surface area contributed by atoms with Gasteiger partial charge in [-0.3, -0.25) is 4.98 Å². The fourth-order valence-electron chi connectivity index (χ4n) is 3.85. The summed E-state index contributed by atoms with van der Waals surface area (Å²) >= 11 is 0. The summed E-state index contributed by atoms with van der Waals surface area (Å²) in [4.78, 5) is 10.8. The van der Waals surface area contributed by atoms with Gasteiger partial charge in [-0.25, -0.2) is 4.98 Å². The van der Waals surface area contributed by atoms with Gasteiger partial charge in [0.1, 0.15) is 23.1 Å². The van der Waals surface area contributed by atoms with Crippen molar-refractivity contribution < 1.29 is 9.84 Å². The Kier molecular flexibility index (Phi) is 4.07. The molecule has 0 atom stereocenters. The van der Waals surface area contributed by atoms with Crippen molar-refractivity contribution in [3.05, 3.63) is 53.2 Å². The first-order chi connectivity index (χ1) is 12.1. The summed E-state index contributed by atoms with van der Waals surface area (Å²) in [6, 6.07) is 3.73. The maximum Gasteiger partial charge on any atom is 0.147 e. The number of rotatable bonds is 2. The molecule has 0 amide bonds. The van der Waals surface area contributed by atoms with E-state index >= 15 is 0 Å². The van der Waals surface area contributed by atoms with Crippen LogP contribution in [0.25, 0.3) is 0 Å². The van der Waals surface area contributed by atoms with Gasteiger partial charge in [0.15, 0.2) is 0 Å². The van der Waals surface area contributed by atoms with Crippen molar-refractivity contribution in [1.82, 2.24) is 9.97 Å². The molecule has 130 valence electrons. The van der Waals surface area contributed by atoms with Gasteiger partial charge in [-0.05, 0) is 43.9 Å². The molecular weight excluding hydrogens is 314 g/mol. The number of hydrogen-bond donors (Lipinski definition) is 1. The van der Waals surface area contributed by atoms with Gasteiger partial charge in [0.25, 0.3) is 0 Å². The van der Waals surface area contributed by atoms with Crippen LogP contribution in [0, 0.1) is 12.8 Å². The van der Waals surface area contributed by atoms with Crippen LogP contribution in [0.1, 0.15) is 30.9 Å². The van der Waals surface area contributed by atoms with Crippen molar-refractivity contribution in [3.8, 4) is 11.5 Å². The first-order valence-corrected chi connectivity index (χ1v) is 8.83. The average Bonchev–Trinajstić information content (AvgIpc) is 2.65. The third-order valence-corrected chi connectivity index (χ3v) is 5.29. The Balaban J connectivity index is 1.50. The second-order valence-electron chi connectivity index (χ2n) is 6.95. The topological polar surface area (TPSA) is 58.5 Å². The van der Waals surface area contributed by atoms with Gasteiger partial charge < -0.3 is 14.7 Å². The van der Waals surface area contributed by atoms with Crippen molar-refractivity contribution in [2.24, 2.45) is 5.92 Å². The molecule has 1 N–H and O–H groups in total. The van der Waals surface area contributed by atoms with E-state index in [0.29, 0.717) is 11.7 Å². The summed E-state index contributed by atoms with van der Waals surface area (Å²) in [5.41, 5.74) is 3.29. The number of benzene rings is 1. The molecule has 0 aliphatic carbocycles. The number of phenols is 1. The molecule has 1 saturated heterocycles. The Bertz CT molecular complexity index is 809. The summed E-state index contributed by atoms with van der Waals surface area (Å²) < 4.78 is 6.31. The number of anilines is 1. The number of allylic oxidation sites excluding steroid dienone is 2. The van der Waals surface area contributed by atoms with Crippen LogP contribution in [0.3, 0.4) is 0 Å². The number of phenolic OH excluding ortho intramolecular Hbond substituents is 1. The van der Waals surface area contributed by atoms with Crippen LogP contribution in [-0.2, 0) is 6.42 Å². The first kappa shape index (κ1) is 15.9. The molecule has 25 heavy (non-hydrogen) atoms. The molecule has 0 unspecified atom stereocenters. The molecule has 2 aliphatic rings. The minimum atomic E-state index is 0.301. The smallest absolute Gasteiger partial charge is 0.147 e. The molecule has 5 nitrogen and oxygen atoms in total. The van der Waals surface area contributed by atoms with E-state index in [0.717, 1.165) is 60.8 Å². The van der Waals surface area contributed by atoms with Gasteiger partial charge >= 0.3 is 0 Å². The van der Waals surface area contributed by atoms with Crippen LogP contribution in [0.4, 0.5) is 5.82 Å². The Morgan fingerprint density at radius 2 is 1.96 bits per heavy atom. The van der Waals surface area contributed by atoms with Gasteiger partial charge in [0, 0.05) is 43.4 Å². The number of aromatic nitrogens is 2. The molecule has 0 radical (unpaired) electrons. The summed E-state index contributed by atoms with van der Waals surface area (Å²) in [5.74, 6) is 3.61. The number of nitrogens with zero attached hydrogens (tertiary/aromatic N) is 3. The fourth-order valence-corrected chi connectivity index (χ4v) is 3.85. The number of ether oxygens (including phenoxy) is 1. The highest BCUT2D eigenvalue weighted by Crippen LogP contribution is 2.41. The average molecular weight is 337 g/mol. The van der Waals surface area contributed by atoms with Crippen molar-refractivity contribution >= 4 is 5.82 Å². The summed E-state index contributed by atoms with van der Waals surface area (Å²) in [6.07, 6.45) is 8.24. The molecule has 1 fully saturated rings. The number of piperidine rings is 1. The lowest BCUT2D eigenvalue weighted by Crippen LogP contribution is -2.36.